The van der Waals surface area contributed by atoms with Crippen molar-refractivity contribution in [2.75, 3.05) is 6.54 Å². The zero-order chi connectivity index (χ0) is 15.2. The van der Waals surface area contributed by atoms with Crippen LogP contribution in [0.1, 0.15) is 11.1 Å². The molecule has 2 rings (SSSR count). The maximum atomic E-state index is 13.7. The first-order valence-electron chi connectivity index (χ1n) is 6.16. The molecule has 2 aromatic carbocycles. The number of rotatable bonds is 3. The fourth-order valence-corrected chi connectivity index (χ4v) is 1.91. The van der Waals surface area contributed by atoms with Crippen LogP contribution in [0.3, 0.4) is 0 Å². The first kappa shape index (κ1) is 15.3. The lowest BCUT2D eigenvalue weighted by Crippen LogP contribution is -2.01. The molecule has 0 aromatic heterocycles. The van der Waals surface area contributed by atoms with Crippen molar-refractivity contribution in [1.29, 1.82) is 0 Å². The summed E-state index contributed by atoms with van der Waals surface area (Å²) in [5, 5.41) is 0.270. The predicted molar refractivity (Wildman–Crippen MR) is 78.1 cm³/mol. The van der Waals surface area contributed by atoms with Gasteiger partial charge < -0.3 is 10.5 Å². The van der Waals surface area contributed by atoms with E-state index in [1.807, 2.05) is 0 Å². The van der Waals surface area contributed by atoms with E-state index in [1.54, 1.807) is 6.07 Å². The second-order valence-corrected chi connectivity index (χ2v) is 4.54. The maximum Gasteiger partial charge on any atom is 0.135 e. The van der Waals surface area contributed by atoms with E-state index in [0.29, 0.717) is 11.3 Å². The van der Waals surface area contributed by atoms with E-state index in [1.165, 1.54) is 30.3 Å². The lowest BCUT2D eigenvalue weighted by molar-refractivity contribution is 0.298. The Labute approximate surface area is 126 Å². The Morgan fingerprint density at radius 1 is 1.19 bits per heavy atom. The minimum Gasteiger partial charge on any atom is -0.487 e. The SMILES string of the molecule is NCC#Cc1cc(F)ccc1OCc1c(F)cccc1Cl. The fraction of sp³-hybridized carbons (Fsp3) is 0.125. The van der Waals surface area contributed by atoms with E-state index in [-0.39, 0.29) is 23.7 Å². The number of hydrogen-bond donors (Lipinski definition) is 1. The van der Waals surface area contributed by atoms with E-state index in [9.17, 15) is 8.78 Å². The summed E-state index contributed by atoms with van der Waals surface area (Å²) in [5.74, 6) is 4.78. The Morgan fingerprint density at radius 2 is 2.00 bits per heavy atom. The van der Waals surface area contributed by atoms with Crippen molar-refractivity contribution in [3.63, 3.8) is 0 Å². The van der Waals surface area contributed by atoms with Gasteiger partial charge in [0, 0.05) is 5.56 Å². The van der Waals surface area contributed by atoms with Gasteiger partial charge in [-0.1, -0.05) is 29.5 Å². The molecule has 0 unspecified atom stereocenters. The molecule has 0 aliphatic carbocycles. The molecule has 0 fully saturated rings. The minimum atomic E-state index is -0.459. The molecule has 0 amide bonds. The molecule has 0 saturated heterocycles. The summed E-state index contributed by atoms with van der Waals surface area (Å²) < 4.78 is 32.4. The third-order valence-electron chi connectivity index (χ3n) is 2.70. The molecule has 108 valence electrons. The normalized spacial score (nSPS) is 9.90. The van der Waals surface area contributed by atoms with Gasteiger partial charge in [0.2, 0.25) is 0 Å². The van der Waals surface area contributed by atoms with E-state index in [4.69, 9.17) is 22.1 Å². The lowest BCUT2D eigenvalue weighted by atomic mass is 10.2. The Kier molecular flexibility index (Phi) is 5.15. The monoisotopic (exact) mass is 307 g/mol. The quantitative estimate of drug-likeness (QED) is 0.881. The van der Waals surface area contributed by atoms with E-state index in [0.717, 1.165) is 0 Å². The third-order valence-corrected chi connectivity index (χ3v) is 3.05. The molecule has 21 heavy (non-hydrogen) atoms. The van der Waals surface area contributed by atoms with Crippen LogP contribution in [0.15, 0.2) is 36.4 Å². The van der Waals surface area contributed by atoms with Crippen molar-refractivity contribution in [2.24, 2.45) is 5.73 Å². The van der Waals surface area contributed by atoms with Crippen LogP contribution in [0, 0.1) is 23.5 Å². The average molecular weight is 308 g/mol. The molecule has 0 aliphatic rings. The van der Waals surface area contributed by atoms with Gasteiger partial charge in [-0.2, -0.15) is 0 Å². The van der Waals surface area contributed by atoms with Crippen molar-refractivity contribution in [3.05, 3.63) is 64.2 Å². The summed E-state index contributed by atoms with van der Waals surface area (Å²) in [6.45, 7) is 0.0730. The number of ether oxygens (including phenoxy) is 1. The molecule has 2 N–H and O–H groups in total. The summed E-state index contributed by atoms with van der Waals surface area (Å²) in [6, 6.07) is 8.29. The number of benzene rings is 2. The van der Waals surface area contributed by atoms with Crippen LogP contribution >= 0.6 is 11.6 Å². The first-order chi connectivity index (χ1) is 10.1. The van der Waals surface area contributed by atoms with Gasteiger partial charge in [-0.05, 0) is 30.3 Å². The molecule has 2 aromatic rings. The van der Waals surface area contributed by atoms with Gasteiger partial charge in [0.15, 0.2) is 0 Å². The summed E-state index contributed by atoms with van der Waals surface area (Å²) in [6.07, 6.45) is 0. The number of hydrogen-bond acceptors (Lipinski definition) is 2. The molecule has 5 heteroatoms. The Bertz CT molecular complexity index is 687. The lowest BCUT2D eigenvalue weighted by Gasteiger charge is -2.10. The van der Waals surface area contributed by atoms with Gasteiger partial charge in [0.25, 0.3) is 0 Å². The summed E-state index contributed by atoms with van der Waals surface area (Å²) in [5.41, 5.74) is 5.89. The largest absolute Gasteiger partial charge is 0.487 e. The zero-order valence-electron chi connectivity index (χ0n) is 11.0. The smallest absolute Gasteiger partial charge is 0.135 e. The zero-order valence-corrected chi connectivity index (χ0v) is 11.8. The van der Waals surface area contributed by atoms with Gasteiger partial charge in [-0.25, -0.2) is 8.78 Å². The number of halogens is 3. The van der Waals surface area contributed by atoms with E-state index in [2.05, 4.69) is 11.8 Å². The molecule has 0 aliphatic heterocycles. The minimum absolute atomic E-state index is 0.0750. The van der Waals surface area contributed by atoms with Gasteiger partial charge in [0.1, 0.15) is 24.0 Å². The summed E-state index contributed by atoms with van der Waals surface area (Å²) in [7, 11) is 0. The summed E-state index contributed by atoms with van der Waals surface area (Å²) >= 11 is 5.92. The molecule has 0 atom stereocenters. The van der Waals surface area contributed by atoms with Crippen LogP contribution in [0.2, 0.25) is 5.02 Å². The maximum absolute atomic E-state index is 13.7. The molecule has 0 bridgehead atoms. The molecular weight excluding hydrogens is 296 g/mol. The van der Waals surface area contributed by atoms with Crippen LogP contribution in [-0.2, 0) is 6.61 Å². The van der Waals surface area contributed by atoms with E-state index < -0.39 is 11.6 Å². The van der Waals surface area contributed by atoms with Gasteiger partial charge in [0.05, 0.1) is 17.1 Å². The van der Waals surface area contributed by atoms with Crippen LogP contribution in [0.5, 0.6) is 5.75 Å². The van der Waals surface area contributed by atoms with E-state index >= 15 is 0 Å². The second-order valence-electron chi connectivity index (χ2n) is 4.14. The third kappa shape index (κ3) is 3.94. The molecule has 2 nitrogen and oxygen atoms in total. The Balaban J connectivity index is 2.24. The van der Waals surface area contributed by atoms with Crippen molar-refractivity contribution >= 4 is 11.6 Å². The fourth-order valence-electron chi connectivity index (χ4n) is 1.69. The standard InChI is InChI=1S/C16H12ClF2NO/c17-14-4-1-5-15(19)13(14)10-21-16-7-6-12(18)9-11(16)3-2-8-20/h1,4-7,9H,8,10,20H2. The number of nitrogens with two attached hydrogens (primary N) is 1. The van der Waals surface area contributed by atoms with Crippen LogP contribution in [0.25, 0.3) is 0 Å². The van der Waals surface area contributed by atoms with Crippen LogP contribution in [0.4, 0.5) is 8.78 Å². The Morgan fingerprint density at radius 3 is 2.71 bits per heavy atom. The van der Waals surface area contributed by atoms with Gasteiger partial charge >= 0.3 is 0 Å². The van der Waals surface area contributed by atoms with Crippen LogP contribution < -0.4 is 10.5 Å². The molecule has 0 radical (unpaired) electrons. The average Bonchev–Trinajstić information content (AvgIpc) is 2.46. The van der Waals surface area contributed by atoms with Crippen molar-refractivity contribution < 1.29 is 13.5 Å². The predicted octanol–water partition coefficient (Wildman–Crippen LogP) is 3.51. The highest BCUT2D eigenvalue weighted by Crippen LogP contribution is 2.24. The van der Waals surface area contributed by atoms with Crippen molar-refractivity contribution in [3.8, 4) is 17.6 Å². The second kappa shape index (κ2) is 7.07. The van der Waals surface area contributed by atoms with Crippen LogP contribution in [-0.4, -0.2) is 6.54 Å². The highest BCUT2D eigenvalue weighted by Gasteiger charge is 2.09. The first-order valence-corrected chi connectivity index (χ1v) is 6.54. The molecular formula is C16H12ClF2NO. The topological polar surface area (TPSA) is 35.2 Å². The summed E-state index contributed by atoms with van der Waals surface area (Å²) in [4.78, 5) is 0. The molecule has 0 spiro atoms. The molecule has 0 heterocycles. The molecule has 0 saturated carbocycles. The van der Waals surface area contributed by atoms with Gasteiger partial charge in [-0.15, -0.1) is 0 Å². The highest BCUT2D eigenvalue weighted by molar-refractivity contribution is 6.31. The highest BCUT2D eigenvalue weighted by atomic mass is 35.5. The van der Waals surface area contributed by atoms with Gasteiger partial charge in [-0.3, -0.25) is 0 Å². The van der Waals surface area contributed by atoms with Crippen molar-refractivity contribution in [1.82, 2.24) is 0 Å². The Hall–Kier alpha value is -2.09. The van der Waals surface area contributed by atoms with Crippen molar-refractivity contribution in [2.45, 2.75) is 6.61 Å².